The van der Waals surface area contributed by atoms with Crippen LogP contribution in [0.2, 0.25) is 0 Å². The lowest BCUT2D eigenvalue weighted by molar-refractivity contribution is -0.137. The molecule has 2 aliphatic rings. The van der Waals surface area contributed by atoms with Crippen LogP contribution in [-0.4, -0.2) is 68.0 Å². The third-order valence-corrected chi connectivity index (χ3v) is 6.65. The molecule has 1 aromatic carbocycles. The van der Waals surface area contributed by atoms with Crippen LogP contribution in [0.1, 0.15) is 50.8 Å². The van der Waals surface area contributed by atoms with Crippen LogP contribution in [0.25, 0.3) is 0 Å². The van der Waals surface area contributed by atoms with E-state index in [0.29, 0.717) is 45.7 Å². The number of benzene rings is 1. The fraction of sp³-hybridized carbons (Fsp3) is 0.556. The maximum Gasteiger partial charge on any atom is 0.250 e. The first-order valence-electron chi connectivity index (χ1n) is 12.4. The van der Waals surface area contributed by atoms with Gasteiger partial charge in [-0.25, -0.2) is 0 Å². The SMILES string of the molecule is CC(C)(C)c1ccc(N(COCC2CCCN2)C(C(=O)N2CCOCC2)c2cccnc2)cc1. The molecule has 0 bridgehead atoms. The molecule has 7 heteroatoms. The molecule has 1 aromatic heterocycles. The molecule has 2 unspecified atom stereocenters. The Morgan fingerprint density at radius 1 is 1.24 bits per heavy atom. The number of ether oxygens (including phenoxy) is 2. The average Bonchev–Trinajstić information content (AvgIpc) is 3.37. The van der Waals surface area contributed by atoms with E-state index in [9.17, 15) is 4.79 Å². The summed E-state index contributed by atoms with van der Waals surface area (Å²) in [5, 5.41) is 3.49. The second-order valence-corrected chi connectivity index (χ2v) is 10.2. The lowest BCUT2D eigenvalue weighted by Gasteiger charge is -2.37. The Morgan fingerprint density at radius 2 is 2.00 bits per heavy atom. The number of pyridine rings is 1. The standard InChI is InChI=1S/C27H38N4O3/c1-27(2,3)22-8-10-24(11-9-22)31(20-34-19-23-7-5-13-29-23)25(21-6-4-12-28-18-21)26(32)30-14-16-33-17-15-30/h4,6,8-12,18,23,25,29H,5,7,13-17,19-20H2,1-3H3. The third-order valence-electron chi connectivity index (χ3n) is 6.65. The summed E-state index contributed by atoms with van der Waals surface area (Å²) in [6.45, 7) is 10.9. The Kier molecular flexibility index (Phi) is 8.19. The van der Waals surface area contributed by atoms with Gasteiger partial charge >= 0.3 is 0 Å². The predicted molar refractivity (Wildman–Crippen MR) is 134 cm³/mol. The first-order chi connectivity index (χ1) is 16.4. The summed E-state index contributed by atoms with van der Waals surface area (Å²) in [5.41, 5.74) is 3.13. The molecular weight excluding hydrogens is 428 g/mol. The monoisotopic (exact) mass is 466 g/mol. The van der Waals surface area contributed by atoms with Gasteiger partial charge in [-0.2, -0.15) is 0 Å². The highest BCUT2D eigenvalue weighted by Gasteiger charge is 2.33. The molecule has 2 aliphatic heterocycles. The van der Waals surface area contributed by atoms with Crippen molar-refractivity contribution in [1.29, 1.82) is 0 Å². The van der Waals surface area contributed by atoms with Crippen LogP contribution in [-0.2, 0) is 19.7 Å². The van der Waals surface area contributed by atoms with E-state index in [-0.39, 0.29) is 11.3 Å². The van der Waals surface area contributed by atoms with Gasteiger partial charge < -0.3 is 24.6 Å². The predicted octanol–water partition coefficient (Wildman–Crippen LogP) is 3.51. The Morgan fingerprint density at radius 3 is 2.62 bits per heavy atom. The van der Waals surface area contributed by atoms with Crippen LogP contribution in [0.15, 0.2) is 48.8 Å². The largest absolute Gasteiger partial charge is 0.378 e. The van der Waals surface area contributed by atoms with Crippen molar-refractivity contribution >= 4 is 11.6 Å². The fourth-order valence-electron chi connectivity index (χ4n) is 4.59. The second-order valence-electron chi connectivity index (χ2n) is 10.2. The number of amides is 1. The van der Waals surface area contributed by atoms with Crippen molar-refractivity contribution in [3.05, 3.63) is 59.9 Å². The summed E-state index contributed by atoms with van der Waals surface area (Å²) >= 11 is 0. The van der Waals surface area contributed by atoms with Gasteiger partial charge in [0.2, 0.25) is 5.91 Å². The quantitative estimate of drug-likeness (QED) is 0.601. The molecule has 0 radical (unpaired) electrons. The molecule has 1 amide bonds. The number of anilines is 1. The van der Waals surface area contributed by atoms with E-state index in [0.717, 1.165) is 24.2 Å². The molecule has 3 heterocycles. The average molecular weight is 467 g/mol. The number of nitrogens with one attached hydrogen (secondary N) is 1. The molecule has 184 valence electrons. The number of morpholine rings is 1. The van der Waals surface area contributed by atoms with E-state index in [1.165, 1.54) is 12.0 Å². The van der Waals surface area contributed by atoms with E-state index in [1.54, 1.807) is 12.4 Å². The number of aromatic nitrogens is 1. The lowest BCUT2D eigenvalue weighted by atomic mass is 9.87. The topological polar surface area (TPSA) is 66.9 Å². The van der Waals surface area contributed by atoms with Crippen LogP contribution in [0.4, 0.5) is 5.69 Å². The van der Waals surface area contributed by atoms with Gasteiger partial charge in [-0.05, 0) is 48.6 Å². The van der Waals surface area contributed by atoms with E-state index in [4.69, 9.17) is 9.47 Å². The van der Waals surface area contributed by atoms with Crippen LogP contribution in [0.3, 0.4) is 0 Å². The van der Waals surface area contributed by atoms with Crippen LogP contribution < -0.4 is 10.2 Å². The minimum absolute atomic E-state index is 0.0544. The minimum Gasteiger partial charge on any atom is -0.378 e. The van der Waals surface area contributed by atoms with Crippen molar-refractivity contribution in [2.24, 2.45) is 0 Å². The van der Waals surface area contributed by atoms with Gasteiger partial charge in [0.1, 0.15) is 12.8 Å². The maximum atomic E-state index is 13.9. The third kappa shape index (κ3) is 6.14. The first kappa shape index (κ1) is 24.6. The zero-order valence-electron chi connectivity index (χ0n) is 20.7. The fourth-order valence-corrected chi connectivity index (χ4v) is 4.59. The molecule has 4 rings (SSSR count). The number of hydrogen-bond acceptors (Lipinski definition) is 6. The van der Waals surface area contributed by atoms with Gasteiger partial charge in [0, 0.05) is 42.8 Å². The minimum atomic E-state index is -0.524. The van der Waals surface area contributed by atoms with Crippen LogP contribution >= 0.6 is 0 Å². The molecule has 0 spiro atoms. The van der Waals surface area contributed by atoms with Crippen molar-refractivity contribution in [1.82, 2.24) is 15.2 Å². The molecule has 0 aliphatic carbocycles. The number of hydrogen-bond donors (Lipinski definition) is 1. The molecular formula is C27H38N4O3. The van der Waals surface area contributed by atoms with Crippen molar-refractivity contribution < 1.29 is 14.3 Å². The molecule has 2 atom stereocenters. The summed E-state index contributed by atoms with van der Waals surface area (Å²) < 4.78 is 11.7. The molecule has 2 aromatic rings. The summed E-state index contributed by atoms with van der Waals surface area (Å²) in [6.07, 6.45) is 5.83. The Bertz CT molecular complexity index is 902. The maximum absolute atomic E-state index is 13.9. The number of rotatable bonds is 8. The Balaban J connectivity index is 1.65. The van der Waals surface area contributed by atoms with Gasteiger partial charge in [0.15, 0.2) is 0 Å². The summed E-state index contributed by atoms with van der Waals surface area (Å²) in [7, 11) is 0. The lowest BCUT2D eigenvalue weighted by Crippen LogP contribution is -2.48. The second kappa shape index (κ2) is 11.3. The summed E-state index contributed by atoms with van der Waals surface area (Å²) in [4.78, 5) is 22.2. The van der Waals surface area contributed by atoms with Crippen LogP contribution in [0, 0.1) is 0 Å². The molecule has 7 nitrogen and oxygen atoms in total. The normalized spacial score (nSPS) is 19.7. The van der Waals surface area contributed by atoms with Gasteiger partial charge in [-0.15, -0.1) is 0 Å². The van der Waals surface area contributed by atoms with Crippen molar-refractivity contribution in [2.45, 2.75) is 51.1 Å². The van der Waals surface area contributed by atoms with Crippen molar-refractivity contribution in [3.63, 3.8) is 0 Å². The number of carbonyl (C=O) groups is 1. The van der Waals surface area contributed by atoms with E-state index in [1.807, 2.05) is 17.0 Å². The Hall–Kier alpha value is -2.48. The highest BCUT2D eigenvalue weighted by molar-refractivity contribution is 5.86. The van der Waals surface area contributed by atoms with Gasteiger partial charge in [-0.1, -0.05) is 39.0 Å². The highest BCUT2D eigenvalue weighted by Crippen LogP contribution is 2.31. The molecule has 34 heavy (non-hydrogen) atoms. The zero-order valence-corrected chi connectivity index (χ0v) is 20.7. The number of nitrogens with zero attached hydrogens (tertiary/aromatic N) is 3. The van der Waals surface area contributed by atoms with Crippen LogP contribution in [0.5, 0.6) is 0 Å². The van der Waals surface area contributed by atoms with E-state index < -0.39 is 6.04 Å². The molecule has 2 saturated heterocycles. The highest BCUT2D eigenvalue weighted by atomic mass is 16.5. The summed E-state index contributed by atoms with van der Waals surface area (Å²) in [5.74, 6) is 0.0544. The van der Waals surface area contributed by atoms with E-state index >= 15 is 0 Å². The number of carbonyl (C=O) groups excluding carboxylic acids is 1. The smallest absolute Gasteiger partial charge is 0.250 e. The molecule has 1 N–H and O–H groups in total. The Labute approximate surface area is 203 Å². The zero-order chi connectivity index (χ0) is 24.0. The van der Waals surface area contributed by atoms with E-state index in [2.05, 4.69) is 60.2 Å². The summed E-state index contributed by atoms with van der Waals surface area (Å²) in [6, 6.07) is 12.2. The first-order valence-corrected chi connectivity index (χ1v) is 12.4. The van der Waals surface area contributed by atoms with Crippen molar-refractivity contribution in [3.8, 4) is 0 Å². The molecule has 2 fully saturated rings. The van der Waals surface area contributed by atoms with Crippen molar-refractivity contribution in [2.75, 3.05) is 51.1 Å². The van der Waals surface area contributed by atoms with Gasteiger partial charge in [0.05, 0.1) is 19.8 Å². The van der Waals surface area contributed by atoms with Gasteiger partial charge in [-0.3, -0.25) is 9.78 Å². The van der Waals surface area contributed by atoms with Gasteiger partial charge in [0.25, 0.3) is 0 Å². The molecule has 0 saturated carbocycles.